The fourth-order valence-electron chi connectivity index (χ4n) is 9.34. The molecule has 0 saturated carbocycles. The van der Waals surface area contributed by atoms with Crippen molar-refractivity contribution in [3.8, 4) is 84.8 Å². The van der Waals surface area contributed by atoms with Crippen LogP contribution < -0.4 is 9.47 Å². The van der Waals surface area contributed by atoms with E-state index in [0.29, 0.717) is 17.3 Å². The van der Waals surface area contributed by atoms with Gasteiger partial charge in [-0.05, 0) is 64.7 Å². The van der Waals surface area contributed by atoms with Crippen LogP contribution in [0.3, 0.4) is 0 Å². The maximum atomic E-state index is 6.76. The fourth-order valence-corrected chi connectivity index (χ4v) is 9.34. The van der Waals surface area contributed by atoms with Crippen molar-refractivity contribution < 1.29 is 9.47 Å². The zero-order valence-electron chi connectivity index (χ0n) is 33.1. The normalized spacial score (nSPS) is 13.2. The van der Waals surface area contributed by atoms with Gasteiger partial charge in [-0.2, -0.15) is 0 Å². The minimum Gasteiger partial charge on any atom is -0.449 e. The van der Waals surface area contributed by atoms with Crippen molar-refractivity contribution in [2.75, 3.05) is 0 Å². The second-order valence-electron chi connectivity index (χ2n) is 16.1. The van der Waals surface area contributed by atoms with Gasteiger partial charge in [0.05, 0.1) is 22.4 Å². The number of para-hydroxylation sites is 3. The standard InChI is InChI=1S/C55H37N3O2/c1-55(2)43-19-9-6-17-42(43)51-44(55)31-32-50-53(51)60-49-22-12-18-39(52(49)59-50)34-23-25-37(26-24-34)54-56-45(35-13-4-3-5-14-35)33-46(57-54)36-27-29-38(30-28-36)58-47-20-10-7-15-40(47)41-16-8-11-21-48(41)58/h3-33H,1-2H3. The molecule has 0 spiro atoms. The van der Waals surface area contributed by atoms with Gasteiger partial charge in [0.25, 0.3) is 0 Å². The highest BCUT2D eigenvalue weighted by Crippen LogP contribution is 2.59. The highest BCUT2D eigenvalue weighted by molar-refractivity contribution is 6.09. The summed E-state index contributed by atoms with van der Waals surface area (Å²) in [5.41, 5.74) is 14.9. The molecule has 12 rings (SSSR count). The van der Waals surface area contributed by atoms with Gasteiger partial charge in [0.1, 0.15) is 0 Å². The lowest BCUT2D eigenvalue weighted by Crippen LogP contribution is -2.15. The van der Waals surface area contributed by atoms with E-state index in [4.69, 9.17) is 19.4 Å². The molecular formula is C55H37N3O2. The first-order chi connectivity index (χ1) is 29.5. The van der Waals surface area contributed by atoms with E-state index in [1.54, 1.807) is 0 Å². The molecule has 0 N–H and O–H groups in total. The van der Waals surface area contributed by atoms with Crippen LogP contribution in [0.15, 0.2) is 188 Å². The summed E-state index contributed by atoms with van der Waals surface area (Å²) in [6.45, 7) is 4.55. The van der Waals surface area contributed by atoms with E-state index in [1.165, 1.54) is 38.5 Å². The molecule has 0 radical (unpaired) electrons. The Morgan fingerprint density at radius 3 is 1.73 bits per heavy atom. The first-order valence-corrected chi connectivity index (χ1v) is 20.4. The van der Waals surface area contributed by atoms with E-state index < -0.39 is 0 Å². The monoisotopic (exact) mass is 771 g/mol. The molecule has 60 heavy (non-hydrogen) atoms. The van der Waals surface area contributed by atoms with Crippen LogP contribution in [0.1, 0.15) is 25.0 Å². The third-order valence-corrected chi connectivity index (χ3v) is 12.3. The molecule has 5 heteroatoms. The van der Waals surface area contributed by atoms with Gasteiger partial charge in [-0.3, -0.25) is 0 Å². The van der Waals surface area contributed by atoms with Crippen molar-refractivity contribution in [1.82, 2.24) is 14.5 Å². The lowest BCUT2D eigenvalue weighted by molar-refractivity contribution is 0.361. The number of hydrogen-bond acceptors (Lipinski definition) is 4. The van der Waals surface area contributed by atoms with Crippen LogP contribution in [0.2, 0.25) is 0 Å². The first kappa shape index (κ1) is 34.3. The van der Waals surface area contributed by atoms with Gasteiger partial charge >= 0.3 is 0 Å². The van der Waals surface area contributed by atoms with Gasteiger partial charge in [0.2, 0.25) is 0 Å². The molecule has 0 bridgehead atoms. The minimum absolute atomic E-state index is 0.127. The second-order valence-corrected chi connectivity index (χ2v) is 16.1. The Hall–Kier alpha value is -7.76. The summed E-state index contributed by atoms with van der Waals surface area (Å²) in [7, 11) is 0. The number of rotatable bonds is 5. The smallest absolute Gasteiger partial charge is 0.178 e. The Balaban J connectivity index is 0.897. The Morgan fingerprint density at radius 1 is 0.433 bits per heavy atom. The maximum absolute atomic E-state index is 6.76. The van der Waals surface area contributed by atoms with Crippen LogP contribution in [0, 0.1) is 0 Å². The fraction of sp³-hybridized carbons (Fsp3) is 0.0545. The minimum atomic E-state index is -0.127. The van der Waals surface area contributed by atoms with Crippen LogP contribution in [-0.4, -0.2) is 14.5 Å². The van der Waals surface area contributed by atoms with Crippen LogP contribution in [0.4, 0.5) is 0 Å². The summed E-state index contributed by atoms with van der Waals surface area (Å²) in [4.78, 5) is 10.3. The number of hydrogen-bond donors (Lipinski definition) is 0. The quantitative estimate of drug-likeness (QED) is 0.175. The predicted octanol–water partition coefficient (Wildman–Crippen LogP) is 14.4. The molecule has 1 aliphatic heterocycles. The summed E-state index contributed by atoms with van der Waals surface area (Å²) in [5.74, 6) is 3.56. The molecule has 0 atom stereocenters. The molecule has 284 valence electrons. The van der Waals surface area contributed by atoms with Crippen molar-refractivity contribution in [1.29, 1.82) is 0 Å². The van der Waals surface area contributed by atoms with Gasteiger partial charge in [-0.15, -0.1) is 0 Å². The largest absolute Gasteiger partial charge is 0.449 e. The van der Waals surface area contributed by atoms with E-state index in [2.05, 4.69) is 176 Å². The van der Waals surface area contributed by atoms with Crippen LogP contribution in [-0.2, 0) is 5.41 Å². The van der Waals surface area contributed by atoms with E-state index >= 15 is 0 Å². The summed E-state index contributed by atoms with van der Waals surface area (Å²) < 4.78 is 15.8. The molecule has 0 fully saturated rings. The highest BCUT2D eigenvalue weighted by atomic mass is 16.6. The Kier molecular flexibility index (Phi) is 7.51. The maximum Gasteiger partial charge on any atom is 0.178 e. The Bertz CT molecular complexity index is 3280. The summed E-state index contributed by atoms with van der Waals surface area (Å²) in [6.07, 6.45) is 0. The summed E-state index contributed by atoms with van der Waals surface area (Å²) in [5, 5.41) is 2.49. The van der Waals surface area contributed by atoms with Gasteiger partial charge in [-0.25, -0.2) is 9.97 Å². The van der Waals surface area contributed by atoms with E-state index in [-0.39, 0.29) is 5.41 Å². The first-order valence-electron chi connectivity index (χ1n) is 20.4. The molecule has 5 nitrogen and oxygen atoms in total. The van der Waals surface area contributed by atoms with E-state index in [9.17, 15) is 0 Å². The molecule has 0 amide bonds. The van der Waals surface area contributed by atoms with Crippen LogP contribution in [0.5, 0.6) is 23.0 Å². The zero-order valence-corrected chi connectivity index (χ0v) is 33.1. The molecule has 0 unspecified atom stereocenters. The van der Waals surface area contributed by atoms with Crippen LogP contribution in [0.25, 0.3) is 83.6 Å². The van der Waals surface area contributed by atoms with Crippen molar-refractivity contribution in [3.05, 3.63) is 199 Å². The highest BCUT2D eigenvalue weighted by Gasteiger charge is 2.39. The average Bonchev–Trinajstić information content (AvgIpc) is 3.77. The van der Waals surface area contributed by atoms with Crippen molar-refractivity contribution in [2.24, 2.45) is 0 Å². The summed E-state index contributed by atoms with van der Waals surface area (Å²) >= 11 is 0. The average molecular weight is 772 g/mol. The zero-order chi connectivity index (χ0) is 40.0. The molecule has 10 aromatic rings. The lowest BCUT2D eigenvalue weighted by atomic mass is 9.82. The lowest BCUT2D eigenvalue weighted by Gasteiger charge is -2.26. The van der Waals surface area contributed by atoms with E-state index in [1.807, 2.05) is 30.3 Å². The topological polar surface area (TPSA) is 49.2 Å². The van der Waals surface area contributed by atoms with E-state index in [0.717, 1.165) is 62.0 Å². The van der Waals surface area contributed by atoms with Crippen LogP contribution >= 0.6 is 0 Å². The summed E-state index contributed by atoms with van der Waals surface area (Å²) in [6, 6.07) is 65.7. The van der Waals surface area contributed by atoms with Crippen molar-refractivity contribution in [2.45, 2.75) is 19.3 Å². The Morgan fingerprint density at radius 2 is 1.00 bits per heavy atom. The van der Waals surface area contributed by atoms with Gasteiger partial charge in [-0.1, -0.05) is 159 Å². The Labute approximate surface area is 347 Å². The predicted molar refractivity (Wildman–Crippen MR) is 242 cm³/mol. The molecule has 2 aliphatic rings. The molecule has 1 aliphatic carbocycles. The number of ether oxygens (including phenoxy) is 2. The van der Waals surface area contributed by atoms with Crippen molar-refractivity contribution in [3.63, 3.8) is 0 Å². The number of benzene rings is 8. The molecular weight excluding hydrogens is 735 g/mol. The number of fused-ring (bicyclic) bond motifs is 9. The number of aromatic nitrogens is 3. The second kappa shape index (κ2) is 13.1. The molecule has 0 saturated heterocycles. The molecule has 2 aromatic heterocycles. The number of nitrogens with zero attached hydrogens (tertiary/aromatic N) is 3. The van der Waals surface area contributed by atoms with Gasteiger partial charge in [0.15, 0.2) is 28.8 Å². The van der Waals surface area contributed by atoms with Gasteiger partial charge in [0, 0.05) is 49.7 Å². The third kappa shape index (κ3) is 5.26. The third-order valence-electron chi connectivity index (χ3n) is 12.3. The molecule has 3 heterocycles. The van der Waals surface area contributed by atoms with Gasteiger partial charge < -0.3 is 14.0 Å². The SMILES string of the molecule is CC1(C)c2ccccc2-c2c1ccc1c2Oc2cccc(-c3ccc(-c4nc(-c5ccccc5)cc(-c5ccc(-n6c7ccccc7c7ccccc76)cc5)n4)cc3)c2O1. The van der Waals surface area contributed by atoms with Crippen molar-refractivity contribution >= 4 is 21.8 Å². The molecule has 8 aromatic carbocycles.